The molecule has 0 atom stereocenters. The second-order valence-electron chi connectivity index (χ2n) is 7.41. The van der Waals surface area contributed by atoms with Gasteiger partial charge >= 0.3 is 5.97 Å². The van der Waals surface area contributed by atoms with Crippen molar-refractivity contribution in [2.45, 2.75) is 64.4 Å². The van der Waals surface area contributed by atoms with E-state index in [1.54, 1.807) is 13.4 Å². The molecule has 1 aliphatic rings. The van der Waals surface area contributed by atoms with E-state index in [0.29, 0.717) is 6.42 Å². The molecule has 3 rings (SSSR count). The van der Waals surface area contributed by atoms with Gasteiger partial charge in [-0.25, -0.2) is 0 Å². The Kier molecular flexibility index (Phi) is 6.61. The monoisotopic (exact) mass is 382 g/mol. The van der Waals surface area contributed by atoms with E-state index in [4.69, 9.17) is 13.9 Å². The van der Waals surface area contributed by atoms with Crippen LogP contribution in [-0.4, -0.2) is 18.7 Å². The number of ether oxygens (including phenoxy) is 2. The molecule has 150 valence electrons. The molecular formula is C24H30O4. The lowest BCUT2D eigenvalue weighted by atomic mass is 9.79. The molecule has 0 N–H and O–H groups in total. The summed E-state index contributed by atoms with van der Waals surface area (Å²) >= 11 is 0. The SMILES string of the molecule is CCCCC1(CCCC)OC(=O)CC1=C(c1ccc(OC)cc1)c1ccco1. The zero-order chi connectivity index (χ0) is 20.0. The highest BCUT2D eigenvalue weighted by Crippen LogP contribution is 2.46. The Morgan fingerprint density at radius 3 is 2.29 bits per heavy atom. The van der Waals surface area contributed by atoms with Crippen LogP contribution in [0, 0.1) is 0 Å². The standard InChI is InChI=1S/C24H30O4/c1-4-6-14-24(15-7-5-2)20(17-22(25)28-24)23(21-9-8-16-27-21)18-10-12-19(26-3)13-11-18/h8-13,16H,4-7,14-15,17H2,1-3H3. The fourth-order valence-electron chi connectivity index (χ4n) is 4.03. The van der Waals surface area contributed by atoms with E-state index in [0.717, 1.165) is 66.7 Å². The molecule has 0 radical (unpaired) electrons. The number of methoxy groups -OCH3 is 1. The first-order chi connectivity index (χ1) is 13.6. The highest BCUT2D eigenvalue weighted by molar-refractivity contribution is 5.89. The highest BCUT2D eigenvalue weighted by Gasteiger charge is 2.46. The van der Waals surface area contributed by atoms with Crippen molar-refractivity contribution < 1.29 is 18.7 Å². The zero-order valence-corrected chi connectivity index (χ0v) is 17.1. The first-order valence-electron chi connectivity index (χ1n) is 10.3. The van der Waals surface area contributed by atoms with Crippen LogP contribution in [0.15, 0.2) is 52.7 Å². The first kappa shape index (κ1) is 20.2. The molecule has 2 heterocycles. The van der Waals surface area contributed by atoms with Gasteiger partial charge in [-0.05, 0) is 61.1 Å². The molecule has 0 spiro atoms. The van der Waals surface area contributed by atoms with E-state index < -0.39 is 5.60 Å². The molecule has 2 aromatic rings. The number of hydrogen-bond donors (Lipinski definition) is 0. The third-order valence-corrected chi connectivity index (χ3v) is 5.50. The normalized spacial score (nSPS) is 17.5. The fourth-order valence-corrected chi connectivity index (χ4v) is 4.03. The van der Waals surface area contributed by atoms with E-state index in [2.05, 4.69) is 13.8 Å². The molecule has 0 unspecified atom stereocenters. The lowest BCUT2D eigenvalue weighted by Gasteiger charge is -2.31. The molecule has 1 aromatic carbocycles. The minimum atomic E-state index is -0.537. The fraction of sp³-hybridized carbons (Fsp3) is 0.458. The molecule has 1 fully saturated rings. The summed E-state index contributed by atoms with van der Waals surface area (Å²) in [6.45, 7) is 4.34. The van der Waals surface area contributed by atoms with Gasteiger partial charge in [0.1, 0.15) is 17.1 Å². The van der Waals surface area contributed by atoms with Crippen molar-refractivity contribution in [1.29, 1.82) is 0 Å². The Morgan fingerprint density at radius 1 is 1.07 bits per heavy atom. The van der Waals surface area contributed by atoms with Gasteiger partial charge < -0.3 is 13.9 Å². The van der Waals surface area contributed by atoms with Gasteiger partial charge in [0.05, 0.1) is 19.8 Å². The van der Waals surface area contributed by atoms with Crippen molar-refractivity contribution in [2.75, 3.05) is 7.11 Å². The van der Waals surface area contributed by atoms with Crippen molar-refractivity contribution in [3.63, 3.8) is 0 Å². The average molecular weight is 383 g/mol. The van der Waals surface area contributed by atoms with Gasteiger partial charge in [0.15, 0.2) is 0 Å². The van der Waals surface area contributed by atoms with E-state index in [9.17, 15) is 4.79 Å². The molecule has 0 saturated carbocycles. The predicted molar refractivity (Wildman–Crippen MR) is 110 cm³/mol. The predicted octanol–water partition coefficient (Wildman–Crippen LogP) is 6.16. The summed E-state index contributed by atoms with van der Waals surface area (Å²) in [5, 5.41) is 0. The maximum atomic E-state index is 12.5. The number of hydrogen-bond acceptors (Lipinski definition) is 4. The van der Waals surface area contributed by atoms with Crippen molar-refractivity contribution in [2.24, 2.45) is 0 Å². The van der Waals surface area contributed by atoms with Gasteiger partial charge in [-0.15, -0.1) is 0 Å². The molecule has 28 heavy (non-hydrogen) atoms. The van der Waals surface area contributed by atoms with Crippen molar-refractivity contribution in [3.05, 3.63) is 59.6 Å². The maximum Gasteiger partial charge on any atom is 0.310 e. The number of esters is 1. The number of cyclic esters (lactones) is 1. The van der Waals surface area contributed by atoms with Gasteiger partial charge in [-0.1, -0.05) is 38.8 Å². The summed E-state index contributed by atoms with van der Waals surface area (Å²) in [6, 6.07) is 11.8. The molecule has 0 amide bonds. The second-order valence-corrected chi connectivity index (χ2v) is 7.41. The molecule has 0 bridgehead atoms. The third-order valence-electron chi connectivity index (χ3n) is 5.50. The maximum absolute atomic E-state index is 12.5. The molecular weight excluding hydrogens is 352 g/mol. The van der Waals surface area contributed by atoms with Crippen LogP contribution in [0.4, 0.5) is 0 Å². The zero-order valence-electron chi connectivity index (χ0n) is 17.1. The second kappa shape index (κ2) is 9.13. The molecule has 1 aromatic heterocycles. The molecule has 1 saturated heterocycles. The van der Waals surface area contributed by atoms with Crippen LogP contribution < -0.4 is 4.74 Å². The van der Waals surface area contributed by atoms with Gasteiger partial charge in [-0.3, -0.25) is 4.79 Å². The number of carbonyl (C=O) groups excluding carboxylic acids is 1. The molecule has 0 aliphatic carbocycles. The van der Waals surface area contributed by atoms with E-state index in [-0.39, 0.29) is 5.97 Å². The summed E-state index contributed by atoms with van der Waals surface area (Å²) in [4.78, 5) is 12.5. The van der Waals surface area contributed by atoms with Crippen LogP contribution in [0.5, 0.6) is 5.75 Å². The minimum absolute atomic E-state index is 0.139. The minimum Gasteiger partial charge on any atom is -0.497 e. The lowest BCUT2D eigenvalue weighted by Crippen LogP contribution is -2.31. The number of rotatable bonds is 9. The van der Waals surface area contributed by atoms with Gasteiger partial charge in [0.2, 0.25) is 0 Å². The number of carbonyl (C=O) groups is 1. The molecule has 4 heteroatoms. The Bertz CT molecular complexity index is 792. The Morgan fingerprint density at radius 2 is 1.75 bits per heavy atom. The number of furan rings is 1. The Labute approximate surface area is 167 Å². The molecule has 1 aliphatic heterocycles. The van der Waals surface area contributed by atoms with Gasteiger partial charge in [-0.2, -0.15) is 0 Å². The molecule has 4 nitrogen and oxygen atoms in total. The summed E-state index contributed by atoms with van der Waals surface area (Å²) in [6.07, 6.45) is 7.87. The van der Waals surface area contributed by atoms with E-state index >= 15 is 0 Å². The Hall–Kier alpha value is -2.49. The quantitative estimate of drug-likeness (QED) is 0.488. The topological polar surface area (TPSA) is 48.7 Å². The van der Waals surface area contributed by atoms with Crippen molar-refractivity contribution >= 4 is 11.5 Å². The van der Waals surface area contributed by atoms with Crippen LogP contribution in [0.25, 0.3) is 5.57 Å². The van der Waals surface area contributed by atoms with Crippen LogP contribution in [0.3, 0.4) is 0 Å². The van der Waals surface area contributed by atoms with Crippen LogP contribution in [-0.2, 0) is 9.53 Å². The van der Waals surface area contributed by atoms with Crippen LogP contribution in [0.2, 0.25) is 0 Å². The van der Waals surface area contributed by atoms with E-state index in [1.807, 2.05) is 36.4 Å². The van der Waals surface area contributed by atoms with Crippen molar-refractivity contribution in [3.8, 4) is 5.75 Å². The smallest absolute Gasteiger partial charge is 0.310 e. The van der Waals surface area contributed by atoms with Gasteiger partial charge in [0.25, 0.3) is 0 Å². The number of benzene rings is 1. The van der Waals surface area contributed by atoms with E-state index in [1.165, 1.54) is 0 Å². The lowest BCUT2D eigenvalue weighted by molar-refractivity contribution is -0.148. The summed E-state index contributed by atoms with van der Waals surface area (Å²) in [5.74, 6) is 1.44. The largest absolute Gasteiger partial charge is 0.497 e. The van der Waals surface area contributed by atoms with Crippen LogP contribution in [0.1, 0.15) is 70.1 Å². The van der Waals surface area contributed by atoms with Crippen LogP contribution >= 0.6 is 0 Å². The Balaban J connectivity index is 2.17. The summed E-state index contributed by atoms with van der Waals surface area (Å²) in [7, 11) is 1.66. The summed E-state index contributed by atoms with van der Waals surface area (Å²) < 4.78 is 17.2. The third kappa shape index (κ3) is 4.16. The highest BCUT2D eigenvalue weighted by atomic mass is 16.6. The van der Waals surface area contributed by atoms with Gasteiger partial charge in [0, 0.05) is 5.57 Å². The van der Waals surface area contributed by atoms with Crippen molar-refractivity contribution in [1.82, 2.24) is 0 Å². The number of unbranched alkanes of at least 4 members (excludes halogenated alkanes) is 2. The first-order valence-corrected chi connectivity index (χ1v) is 10.3. The average Bonchev–Trinajstić information content (AvgIpc) is 3.35. The summed E-state index contributed by atoms with van der Waals surface area (Å²) in [5.41, 5.74) is 2.51.